The standard InChI is InChI=1S/C20H20IN5O/c21-16-7-3-1-5-14(16)20(27)26-11-9-25(10-12-26)13-18-23-17-8-4-2-6-15(17)19(22)24-18/h1-8H,9-13H2,(H2,22,23,24). The first-order chi connectivity index (χ1) is 13.1. The second kappa shape index (κ2) is 7.77. The first-order valence-corrected chi connectivity index (χ1v) is 9.97. The van der Waals surface area contributed by atoms with Gasteiger partial charge >= 0.3 is 0 Å². The first kappa shape index (κ1) is 18.1. The number of carbonyl (C=O) groups is 1. The molecule has 1 amide bonds. The van der Waals surface area contributed by atoms with Gasteiger partial charge in [0.2, 0.25) is 0 Å². The van der Waals surface area contributed by atoms with E-state index in [0.717, 1.165) is 39.0 Å². The van der Waals surface area contributed by atoms with Gasteiger partial charge in [0.05, 0.1) is 17.6 Å². The van der Waals surface area contributed by atoms with Crippen LogP contribution in [0.3, 0.4) is 0 Å². The molecule has 4 rings (SSSR count). The third-order valence-electron chi connectivity index (χ3n) is 4.81. The van der Waals surface area contributed by atoms with Crippen LogP contribution in [-0.4, -0.2) is 51.9 Å². The molecule has 2 heterocycles. The van der Waals surface area contributed by atoms with Gasteiger partial charge in [-0.3, -0.25) is 9.69 Å². The van der Waals surface area contributed by atoms with Crippen molar-refractivity contribution in [2.45, 2.75) is 6.54 Å². The summed E-state index contributed by atoms with van der Waals surface area (Å²) in [6.07, 6.45) is 0. The van der Waals surface area contributed by atoms with E-state index in [1.54, 1.807) is 0 Å². The van der Waals surface area contributed by atoms with Crippen LogP contribution in [0.5, 0.6) is 0 Å². The van der Waals surface area contributed by atoms with Crippen LogP contribution in [0.4, 0.5) is 5.82 Å². The summed E-state index contributed by atoms with van der Waals surface area (Å²) in [5.41, 5.74) is 7.72. The summed E-state index contributed by atoms with van der Waals surface area (Å²) in [4.78, 5) is 26.0. The smallest absolute Gasteiger partial charge is 0.255 e. The van der Waals surface area contributed by atoms with Gasteiger partial charge < -0.3 is 10.6 Å². The van der Waals surface area contributed by atoms with Gasteiger partial charge in [0, 0.05) is 35.1 Å². The zero-order valence-electron chi connectivity index (χ0n) is 14.8. The zero-order valence-corrected chi connectivity index (χ0v) is 17.0. The first-order valence-electron chi connectivity index (χ1n) is 8.89. The normalized spacial score (nSPS) is 15.2. The van der Waals surface area contributed by atoms with E-state index in [1.807, 2.05) is 53.4 Å². The lowest BCUT2D eigenvalue weighted by molar-refractivity contribution is 0.0624. The Bertz CT molecular complexity index is 985. The highest BCUT2D eigenvalue weighted by Crippen LogP contribution is 2.19. The monoisotopic (exact) mass is 473 g/mol. The number of nitrogens with zero attached hydrogens (tertiary/aromatic N) is 4. The fourth-order valence-electron chi connectivity index (χ4n) is 3.34. The van der Waals surface area contributed by atoms with E-state index in [-0.39, 0.29) is 5.91 Å². The van der Waals surface area contributed by atoms with Crippen LogP contribution in [0.2, 0.25) is 0 Å². The lowest BCUT2D eigenvalue weighted by atomic mass is 10.2. The second-order valence-corrected chi connectivity index (χ2v) is 7.75. The molecule has 7 heteroatoms. The third kappa shape index (κ3) is 3.89. The highest BCUT2D eigenvalue weighted by Gasteiger charge is 2.23. The lowest BCUT2D eigenvalue weighted by Gasteiger charge is -2.34. The van der Waals surface area contributed by atoms with Gasteiger partial charge in [0.15, 0.2) is 0 Å². The Morgan fingerprint density at radius 2 is 1.70 bits per heavy atom. The van der Waals surface area contributed by atoms with Gasteiger partial charge in [-0.05, 0) is 46.9 Å². The van der Waals surface area contributed by atoms with E-state index in [2.05, 4.69) is 37.5 Å². The average molecular weight is 473 g/mol. The molecule has 2 aromatic carbocycles. The molecule has 2 N–H and O–H groups in total. The highest BCUT2D eigenvalue weighted by molar-refractivity contribution is 14.1. The number of amides is 1. The van der Waals surface area contributed by atoms with Gasteiger partial charge in [0.1, 0.15) is 11.6 Å². The Labute approximate surface area is 171 Å². The number of para-hydroxylation sites is 1. The number of carbonyl (C=O) groups excluding carboxylic acids is 1. The second-order valence-electron chi connectivity index (χ2n) is 6.59. The minimum Gasteiger partial charge on any atom is -0.383 e. The Morgan fingerprint density at radius 3 is 2.48 bits per heavy atom. The summed E-state index contributed by atoms with van der Waals surface area (Å²) in [7, 11) is 0. The molecule has 0 bridgehead atoms. The van der Waals surface area contributed by atoms with Crippen LogP contribution in [0.1, 0.15) is 16.2 Å². The molecule has 1 aliphatic heterocycles. The number of nitrogen functional groups attached to an aromatic ring is 1. The minimum atomic E-state index is 0.103. The van der Waals surface area contributed by atoms with Crippen molar-refractivity contribution in [3.63, 3.8) is 0 Å². The third-order valence-corrected chi connectivity index (χ3v) is 5.75. The van der Waals surface area contributed by atoms with Crippen LogP contribution in [0.15, 0.2) is 48.5 Å². The van der Waals surface area contributed by atoms with Crippen molar-refractivity contribution in [2.75, 3.05) is 31.9 Å². The Kier molecular flexibility index (Phi) is 5.22. The molecule has 1 fully saturated rings. The zero-order chi connectivity index (χ0) is 18.8. The minimum absolute atomic E-state index is 0.103. The number of hydrogen-bond donors (Lipinski definition) is 1. The molecule has 0 saturated carbocycles. The molecular formula is C20H20IN5O. The van der Waals surface area contributed by atoms with E-state index in [1.165, 1.54) is 0 Å². The molecule has 1 saturated heterocycles. The summed E-state index contributed by atoms with van der Waals surface area (Å²) in [6, 6.07) is 15.5. The van der Waals surface area contributed by atoms with Crippen molar-refractivity contribution in [1.29, 1.82) is 0 Å². The summed E-state index contributed by atoms with van der Waals surface area (Å²) in [5.74, 6) is 1.34. The van der Waals surface area contributed by atoms with E-state index < -0.39 is 0 Å². The Balaban J connectivity index is 1.41. The predicted molar refractivity (Wildman–Crippen MR) is 114 cm³/mol. The van der Waals surface area contributed by atoms with Gasteiger partial charge in [-0.15, -0.1) is 0 Å². The SMILES string of the molecule is Nc1nc(CN2CCN(C(=O)c3ccccc3I)CC2)nc2ccccc12. The molecule has 0 atom stereocenters. The summed E-state index contributed by atoms with van der Waals surface area (Å²) in [6.45, 7) is 3.64. The molecular weight excluding hydrogens is 453 g/mol. The van der Waals surface area contributed by atoms with Gasteiger partial charge in [-0.2, -0.15) is 0 Å². The number of nitrogens with two attached hydrogens (primary N) is 1. The van der Waals surface area contributed by atoms with E-state index >= 15 is 0 Å². The van der Waals surface area contributed by atoms with Gasteiger partial charge in [-0.1, -0.05) is 24.3 Å². The number of piperazine rings is 1. The van der Waals surface area contributed by atoms with Crippen molar-refractivity contribution in [3.8, 4) is 0 Å². The molecule has 0 radical (unpaired) electrons. The quantitative estimate of drug-likeness (QED) is 0.593. The Morgan fingerprint density at radius 1 is 1.00 bits per heavy atom. The van der Waals surface area contributed by atoms with Gasteiger partial charge in [-0.25, -0.2) is 9.97 Å². The van der Waals surface area contributed by atoms with Crippen molar-refractivity contribution < 1.29 is 4.79 Å². The maximum atomic E-state index is 12.7. The maximum Gasteiger partial charge on any atom is 0.255 e. The largest absolute Gasteiger partial charge is 0.383 e. The van der Waals surface area contributed by atoms with Gasteiger partial charge in [0.25, 0.3) is 5.91 Å². The lowest BCUT2D eigenvalue weighted by Crippen LogP contribution is -2.48. The van der Waals surface area contributed by atoms with Crippen LogP contribution >= 0.6 is 22.6 Å². The number of anilines is 1. The van der Waals surface area contributed by atoms with Crippen LogP contribution in [0.25, 0.3) is 10.9 Å². The molecule has 0 unspecified atom stereocenters. The molecule has 0 spiro atoms. The van der Waals surface area contributed by atoms with Crippen LogP contribution in [0, 0.1) is 3.57 Å². The topological polar surface area (TPSA) is 75.3 Å². The highest BCUT2D eigenvalue weighted by atomic mass is 127. The number of rotatable bonds is 3. The molecule has 27 heavy (non-hydrogen) atoms. The van der Waals surface area contributed by atoms with Crippen LogP contribution < -0.4 is 5.73 Å². The fourth-order valence-corrected chi connectivity index (χ4v) is 3.95. The maximum absolute atomic E-state index is 12.7. The predicted octanol–water partition coefficient (Wildman–Crippen LogP) is 2.77. The van der Waals surface area contributed by atoms with Crippen molar-refractivity contribution in [3.05, 3.63) is 63.5 Å². The Hall–Kier alpha value is -2.26. The van der Waals surface area contributed by atoms with E-state index in [0.29, 0.717) is 25.5 Å². The summed E-state index contributed by atoms with van der Waals surface area (Å²) < 4.78 is 0.988. The van der Waals surface area contributed by atoms with Crippen molar-refractivity contribution in [1.82, 2.24) is 19.8 Å². The fraction of sp³-hybridized carbons (Fsp3) is 0.250. The average Bonchev–Trinajstić information content (AvgIpc) is 2.68. The van der Waals surface area contributed by atoms with E-state index in [9.17, 15) is 4.79 Å². The number of halogens is 1. The van der Waals surface area contributed by atoms with Crippen molar-refractivity contribution in [2.24, 2.45) is 0 Å². The number of fused-ring (bicyclic) bond motifs is 1. The summed E-state index contributed by atoms with van der Waals surface area (Å²) >= 11 is 2.21. The molecule has 1 aromatic heterocycles. The molecule has 3 aromatic rings. The molecule has 138 valence electrons. The number of aromatic nitrogens is 2. The van der Waals surface area contributed by atoms with Crippen LogP contribution in [-0.2, 0) is 6.54 Å². The summed E-state index contributed by atoms with van der Waals surface area (Å²) in [5, 5.41) is 0.883. The molecule has 0 aliphatic carbocycles. The number of benzene rings is 2. The molecule has 1 aliphatic rings. The van der Waals surface area contributed by atoms with E-state index in [4.69, 9.17) is 5.73 Å². The molecule has 6 nitrogen and oxygen atoms in total. The number of hydrogen-bond acceptors (Lipinski definition) is 5. The van der Waals surface area contributed by atoms with Crippen molar-refractivity contribution >= 4 is 45.2 Å².